The summed E-state index contributed by atoms with van der Waals surface area (Å²) in [6, 6.07) is 1.90. The quantitative estimate of drug-likeness (QED) is 0.610. The molecule has 3 nitrogen and oxygen atoms in total. The fraction of sp³-hybridized carbons (Fsp3) is 0.778. The van der Waals surface area contributed by atoms with Gasteiger partial charge in [0.05, 0.1) is 25.7 Å². The van der Waals surface area contributed by atoms with Crippen molar-refractivity contribution in [3.05, 3.63) is 0 Å². The van der Waals surface area contributed by atoms with E-state index in [1.54, 1.807) is 0 Å². The SMILES string of the molecule is N#CCC(=O)C1CC2(COC2)C1. The topological polar surface area (TPSA) is 50.1 Å². The van der Waals surface area contributed by atoms with E-state index in [9.17, 15) is 4.79 Å². The third-order valence-corrected chi connectivity index (χ3v) is 2.88. The number of hydrogen-bond donors (Lipinski definition) is 0. The van der Waals surface area contributed by atoms with Gasteiger partial charge in [0.15, 0.2) is 0 Å². The molecule has 0 unspecified atom stereocenters. The Bertz CT molecular complexity index is 242. The van der Waals surface area contributed by atoms with E-state index in [0.717, 1.165) is 26.1 Å². The van der Waals surface area contributed by atoms with Crippen LogP contribution in [-0.2, 0) is 9.53 Å². The van der Waals surface area contributed by atoms with Crippen LogP contribution in [0, 0.1) is 22.7 Å². The monoisotopic (exact) mass is 165 g/mol. The van der Waals surface area contributed by atoms with Crippen LogP contribution in [0.1, 0.15) is 19.3 Å². The van der Waals surface area contributed by atoms with Crippen LogP contribution in [0.25, 0.3) is 0 Å². The van der Waals surface area contributed by atoms with Crippen LogP contribution in [0.5, 0.6) is 0 Å². The number of nitriles is 1. The molecule has 2 aliphatic rings. The molecule has 0 aromatic carbocycles. The van der Waals surface area contributed by atoms with E-state index in [0.29, 0.717) is 5.41 Å². The molecule has 0 N–H and O–H groups in total. The number of hydrogen-bond acceptors (Lipinski definition) is 3. The Hall–Kier alpha value is -0.880. The molecule has 0 atom stereocenters. The fourth-order valence-corrected chi connectivity index (χ4v) is 2.06. The summed E-state index contributed by atoms with van der Waals surface area (Å²) >= 11 is 0. The molecule has 12 heavy (non-hydrogen) atoms. The Balaban J connectivity index is 1.81. The lowest BCUT2D eigenvalue weighted by Crippen LogP contribution is -2.53. The molecule has 0 aromatic heterocycles. The molecule has 0 bridgehead atoms. The number of Topliss-reactive ketones (excluding diaryl/α,β-unsaturated/α-hetero) is 1. The van der Waals surface area contributed by atoms with Crippen molar-refractivity contribution in [1.29, 1.82) is 5.26 Å². The van der Waals surface area contributed by atoms with Crippen molar-refractivity contribution in [2.45, 2.75) is 19.3 Å². The van der Waals surface area contributed by atoms with Crippen molar-refractivity contribution in [3.8, 4) is 6.07 Å². The predicted octanol–water partition coefficient (Wildman–Crippen LogP) is 0.896. The molecule has 2 rings (SSSR count). The van der Waals surface area contributed by atoms with Gasteiger partial charge in [-0.2, -0.15) is 5.26 Å². The first-order valence-electron chi connectivity index (χ1n) is 4.23. The van der Waals surface area contributed by atoms with Gasteiger partial charge in [0.1, 0.15) is 5.78 Å². The van der Waals surface area contributed by atoms with Crippen LogP contribution in [0.2, 0.25) is 0 Å². The van der Waals surface area contributed by atoms with E-state index in [-0.39, 0.29) is 18.1 Å². The third-order valence-electron chi connectivity index (χ3n) is 2.88. The highest BCUT2D eigenvalue weighted by Gasteiger charge is 2.51. The van der Waals surface area contributed by atoms with Crippen molar-refractivity contribution in [2.24, 2.45) is 11.3 Å². The molecular formula is C9H11NO2. The fourth-order valence-electron chi connectivity index (χ4n) is 2.06. The maximum Gasteiger partial charge on any atom is 0.150 e. The number of rotatable bonds is 2. The number of ketones is 1. The summed E-state index contributed by atoms with van der Waals surface area (Å²) in [5.74, 6) is 0.281. The van der Waals surface area contributed by atoms with Crippen molar-refractivity contribution >= 4 is 5.78 Å². The summed E-state index contributed by atoms with van der Waals surface area (Å²) in [6.45, 7) is 1.65. The van der Waals surface area contributed by atoms with E-state index < -0.39 is 0 Å². The van der Waals surface area contributed by atoms with Crippen molar-refractivity contribution < 1.29 is 9.53 Å². The van der Waals surface area contributed by atoms with Crippen molar-refractivity contribution in [2.75, 3.05) is 13.2 Å². The molecule has 64 valence electrons. The Labute approximate surface area is 71.3 Å². The van der Waals surface area contributed by atoms with Crippen molar-refractivity contribution in [1.82, 2.24) is 0 Å². The molecule has 3 heteroatoms. The zero-order valence-corrected chi connectivity index (χ0v) is 6.88. The first kappa shape index (κ1) is 7.75. The van der Waals surface area contributed by atoms with Gasteiger partial charge in [0.2, 0.25) is 0 Å². The Morgan fingerprint density at radius 1 is 1.58 bits per heavy atom. The van der Waals surface area contributed by atoms with Crippen LogP contribution in [0.4, 0.5) is 0 Å². The first-order valence-corrected chi connectivity index (χ1v) is 4.23. The molecule has 1 spiro atoms. The smallest absolute Gasteiger partial charge is 0.150 e. The minimum atomic E-state index is 0.0849. The third kappa shape index (κ3) is 1.03. The van der Waals surface area contributed by atoms with Gasteiger partial charge in [-0.1, -0.05) is 0 Å². The van der Waals surface area contributed by atoms with Gasteiger partial charge in [0.25, 0.3) is 0 Å². The largest absolute Gasteiger partial charge is 0.380 e. The molecule has 0 amide bonds. The molecule has 1 aliphatic heterocycles. The van der Waals surface area contributed by atoms with E-state index in [1.807, 2.05) is 6.07 Å². The average Bonchev–Trinajstić information content (AvgIpc) is 1.81. The second-order valence-corrected chi connectivity index (χ2v) is 3.90. The highest BCUT2D eigenvalue weighted by atomic mass is 16.5. The molecule has 2 fully saturated rings. The van der Waals surface area contributed by atoms with Gasteiger partial charge in [0, 0.05) is 11.3 Å². The van der Waals surface area contributed by atoms with E-state index in [2.05, 4.69) is 0 Å². The molecular weight excluding hydrogens is 154 g/mol. The number of carbonyl (C=O) groups excluding carboxylic acids is 1. The highest BCUT2D eigenvalue weighted by molar-refractivity contribution is 5.83. The lowest BCUT2D eigenvalue weighted by molar-refractivity contribution is -0.182. The van der Waals surface area contributed by atoms with Crippen LogP contribution >= 0.6 is 0 Å². The minimum absolute atomic E-state index is 0.0849. The Morgan fingerprint density at radius 3 is 2.67 bits per heavy atom. The summed E-state index contributed by atoms with van der Waals surface area (Å²) in [5, 5.41) is 8.31. The van der Waals surface area contributed by atoms with Gasteiger partial charge in [-0.3, -0.25) is 4.79 Å². The molecule has 1 aliphatic carbocycles. The van der Waals surface area contributed by atoms with Crippen LogP contribution in [0.3, 0.4) is 0 Å². The van der Waals surface area contributed by atoms with Gasteiger partial charge in [-0.15, -0.1) is 0 Å². The normalized spacial score (nSPS) is 25.6. The van der Waals surface area contributed by atoms with Gasteiger partial charge < -0.3 is 4.74 Å². The first-order chi connectivity index (χ1) is 5.76. The minimum Gasteiger partial charge on any atom is -0.380 e. The van der Waals surface area contributed by atoms with Gasteiger partial charge in [-0.05, 0) is 12.8 Å². The molecule has 1 saturated carbocycles. The predicted molar refractivity (Wildman–Crippen MR) is 41.2 cm³/mol. The molecule has 1 saturated heterocycles. The lowest BCUT2D eigenvalue weighted by Gasteiger charge is -2.52. The van der Waals surface area contributed by atoms with E-state index in [1.165, 1.54) is 0 Å². The summed E-state index contributed by atoms with van der Waals surface area (Å²) < 4.78 is 5.09. The number of ether oxygens (including phenoxy) is 1. The summed E-state index contributed by atoms with van der Waals surface area (Å²) in [6.07, 6.45) is 1.99. The molecule has 0 aromatic rings. The van der Waals surface area contributed by atoms with E-state index >= 15 is 0 Å². The average molecular weight is 165 g/mol. The zero-order chi connectivity index (χ0) is 8.60. The molecule has 0 radical (unpaired) electrons. The summed E-state index contributed by atoms with van der Waals surface area (Å²) in [5.41, 5.74) is 0.343. The highest BCUT2D eigenvalue weighted by Crippen LogP contribution is 2.51. The Morgan fingerprint density at radius 2 is 2.25 bits per heavy atom. The Kier molecular flexibility index (Phi) is 1.66. The second-order valence-electron chi connectivity index (χ2n) is 3.90. The zero-order valence-electron chi connectivity index (χ0n) is 6.88. The van der Waals surface area contributed by atoms with Crippen LogP contribution in [-0.4, -0.2) is 19.0 Å². The number of nitrogens with zero attached hydrogens (tertiary/aromatic N) is 1. The summed E-state index contributed by atoms with van der Waals surface area (Å²) in [4.78, 5) is 11.2. The van der Waals surface area contributed by atoms with Crippen LogP contribution < -0.4 is 0 Å². The van der Waals surface area contributed by atoms with Crippen LogP contribution in [0.15, 0.2) is 0 Å². The second kappa shape index (κ2) is 2.56. The van der Waals surface area contributed by atoms with E-state index in [4.69, 9.17) is 10.00 Å². The van der Waals surface area contributed by atoms with Gasteiger partial charge >= 0.3 is 0 Å². The summed E-state index contributed by atoms with van der Waals surface area (Å²) in [7, 11) is 0. The maximum absolute atomic E-state index is 11.2. The maximum atomic E-state index is 11.2. The van der Waals surface area contributed by atoms with Crippen molar-refractivity contribution in [3.63, 3.8) is 0 Å². The lowest BCUT2D eigenvalue weighted by atomic mass is 9.59. The molecule has 1 heterocycles. The van der Waals surface area contributed by atoms with Gasteiger partial charge in [-0.25, -0.2) is 0 Å². The number of carbonyl (C=O) groups is 1. The standard InChI is InChI=1S/C9H11NO2/c10-2-1-8(11)7-3-9(4-7)5-12-6-9/h7H,1,3-6H2.